The Morgan fingerprint density at radius 3 is 2.87 bits per heavy atom. The molecule has 122 valence electrons. The molecule has 1 fully saturated rings. The first-order chi connectivity index (χ1) is 11.2. The van der Waals surface area contributed by atoms with Gasteiger partial charge in [0.05, 0.1) is 0 Å². The zero-order chi connectivity index (χ0) is 16.1. The Hall–Kier alpha value is -1.60. The van der Waals surface area contributed by atoms with E-state index >= 15 is 0 Å². The van der Waals surface area contributed by atoms with Gasteiger partial charge in [-0.05, 0) is 42.1 Å². The molecule has 3 rings (SSSR count). The molecule has 1 saturated carbocycles. The zero-order valence-corrected chi connectivity index (χ0v) is 14.4. The van der Waals surface area contributed by atoms with Crippen LogP contribution in [0.2, 0.25) is 0 Å². The maximum Gasteiger partial charge on any atom is 0.277 e. The van der Waals surface area contributed by atoms with Crippen LogP contribution in [-0.4, -0.2) is 25.0 Å². The number of rotatable bonds is 5. The number of hydrogen-bond acceptors (Lipinski definition) is 5. The van der Waals surface area contributed by atoms with Crippen molar-refractivity contribution >= 4 is 33.9 Å². The highest BCUT2D eigenvalue weighted by atomic mass is 32.2. The van der Waals surface area contributed by atoms with E-state index in [9.17, 15) is 9.00 Å². The van der Waals surface area contributed by atoms with Gasteiger partial charge in [0.2, 0.25) is 0 Å². The van der Waals surface area contributed by atoms with Gasteiger partial charge >= 0.3 is 0 Å². The van der Waals surface area contributed by atoms with Gasteiger partial charge in [0, 0.05) is 32.9 Å². The third-order valence-corrected chi connectivity index (χ3v) is 6.35. The van der Waals surface area contributed by atoms with E-state index in [0.29, 0.717) is 22.4 Å². The zero-order valence-electron chi connectivity index (χ0n) is 12.7. The minimum absolute atomic E-state index is 0.274. The van der Waals surface area contributed by atoms with Crippen molar-refractivity contribution in [2.75, 3.05) is 5.32 Å². The molecule has 1 aliphatic carbocycles. The molecule has 1 aromatic heterocycles. The molecular formula is C16H19N3O2S2. The predicted molar refractivity (Wildman–Crippen MR) is 93.0 cm³/mol. The predicted octanol–water partition coefficient (Wildman–Crippen LogP) is 3.37. The lowest BCUT2D eigenvalue weighted by molar-refractivity contribution is 0.102. The number of nitrogens with zero attached hydrogens (tertiary/aromatic N) is 2. The molecule has 1 aliphatic rings. The van der Waals surface area contributed by atoms with Crippen LogP contribution in [-0.2, 0) is 16.6 Å². The smallest absolute Gasteiger partial charge is 0.277 e. The standard InChI is InChI=1S/C16H19N3O2S2/c20-16(15-10-22-19-18-15)17-13-6-4-5-12(9-13)11-23(21)14-7-2-1-3-8-14/h4-6,9-10,14H,1-3,7-8,11H2,(H,17,20)/t23-/m0/s1. The van der Waals surface area contributed by atoms with Gasteiger partial charge in [-0.3, -0.25) is 9.00 Å². The summed E-state index contributed by atoms with van der Waals surface area (Å²) in [6, 6.07) is 7.55. The van der Waals surface area contributed by atoms with Gasteiger partial charge in [0.25, 0.3) is 5.91 Å². The molecule has 0 saturated heterocycles. The van der Waals surface area contributed by atoms with Crippen molar-refractivity contribution in [1.29, 1.82) is 0 Å². The first-order valence-corrected chi connectivity index (χ1v) is 9.99. The molecule has 0 aliphatic heterocycles. The van der Waals surface area contributed by atoms with E-state index in [1.165, 1.54) is 19.3 Å². The van der Waals surface area contributed by atoms with Crippen molar-refractivity contribution in [3.05, 3.63) is 40.9 Å². The summed E-state index contributed by atoms with van der Waals surface area (Å²) in [5.74, 6) is 0.274. The van der Waals surface area contributed by atoms with Crippen molar-refractivity contribution in [2.24, 2.45) is 0 Å². The SMILES string of the molecule is O=C(Nc1cccc(C[S@](=O)C2CCCCC2)c1)c1csnn1. The lowest BCUT2D eigenvalue weighted by Crippen LogP contribution is -2.20. The molecular weight excluding hydrogens is 330 g/mol. The number of nitrogens with one attached hydrogen (secondary N) is 1. The summed E-state index contributed by atoms with van der Waals surface area (Å²) >= 11 is 1.14. The topological polar surface area (TPSA) is 72.0 Å². The third-order valence-electron chi connectivity index (χ3n) is 4.01. The second-order valence-corrected chi connectivity index (χ2v) is 8.06. The van der Waals surface area contributed by atoms with Crippen LogP contribution < -0.4 is 5.32 Å². The van der Waals surface area contributed by atoms with Crippen LogP contribution in [0.5, 0.6) is 0 Å². The minimum Gasteiger partial charge on any atom is -0.321 e. The Morgan fingerprint density at radius 1 is 1.30 bits per heavy atom. The number of aromatic nitrogens is 2. The Labute approximate surface area is 142 Å². The van der Waals surface area contributed by atoms with Gasteiger partial charge in [-0.1, -0.05) is 35.9 Å². The van der Waals surface area contributed by atoms with Crippen molar-refractivity contribution < 1.29 is 9.00 Å². The van der Waals surface area contributed by atoms with E-state index in [0.717, 1.165) is 29.9 Å². The summed E-state index contributed by atoms with van der Waals surface area (Å²) in [6.45, 7) is 0. The first kappa shape index (κ1) is 16.3. The lowest BCUT2D eigenvalue weighted by atomic mass is 10.0. The largest absolute Gasteiger partial charge is 0.321 e. The van der Waals surface area contributed by atoms with E-state index in [2.05, 4.69) is 14.9 Å². The Balaban J connectivity index is 1.62. The monoisotopic (exact) mass is 349 g/mol. The summed E-state index contributed by atoms with van der Waals surface area (Å²) in [5, 5.41) is 8.49. The maximum atomic E-state index is 12.5. The highest BCUT2D eigenvalue weighted by Crippen LogP contribution is 2.24. The van der Waals surface area contributed by atoms with Crippen LogP contribution in [0, 0.1) is 0 Å². The average molecular weight is 349 g/mol. The fourth-order valence-corrected chi connectivity index (χ4v) is 4.85. The number of anilines is 1. The van der Waals surface area contributed by atoms with E-state index in [1.807, 2.05) is 24.3 Å². The van der Waals surface area contributed by atoms with Crippen LogP contribution in [0.15, 0.2) is 29.6 Å². The van der Waals surface area contributed by atoms with Crippen LogP contribution in [0.25, 0.3) is 0 Å². The number of hydrogen-bond donors (Lipinski definition) is 1. The minimum atomic E-state index is -0.841. The first-order valence-electron chi connectivity index (χ1n) is 7.77. The van der Waals surface area contributed by atoms with Crippen molar-refractivity contribution in [2.45, 2.75) is 43.1 Å². The van der Waals surface area contributed by atoms with Gasteiger partial charge in [-0.25, -0.2) is 0 Å². The van der Waals surface area contributed by atoms with Crippen molar-refractivity contribution in [3.8, 4) is 0 Å². The Bertz CT molecular complexity index is 682. The lowest BCUT2D eigenvalue weighted by Gasteiger charge is -2.21. The van der Waals surface area contributed by atoms with E-state index in [-0.39, 0.29) is 5.91 Å². The maximum absolute atomic E-state index is 12.5. The van der Waals surface area contributed by atoms with Gasteiger partial charge < -0.3 is 5.32 Å². The number of carbonyl (C=O) groups excluding carboxylic acids is 1. The molecule has 0 bridgehead atoms. The average Bonchev–Trinajstić information content (AvgIpc) is 3.10. The van der Waals surface area contributed by atoms with Gasteiger partial charge in [-0.15, -0.1) is 5.10 Å². The highest BCUT2D eigenvalue weighted by molar-refractivity contribution is 7.84. The normalized spacial score (nSPS) is 16.9. The van der Waals surface area contributed by atoms with Crippen molar-refractivity contribution in [3.63, 3.8) is 0 Å². The van der Waals surface area contributed by atoms with Gasteiger partial charge in [0.1, 0.15) is 0 Å². The molecule has 7 heteroatoms. The summed E-state index contributed by atoms with van der Waals surface area (Å²) in [6.07, 6.45) is 5.78. The summed E-state index contributed by atoms with van der Waals surface area (Å²) in [7, 11) is -0.841. The molecule has 0 spiro atoms. The molecule has 1 aromatic carbocycles. The van der Waals surface area contributed by atoms with Gasteiger partial charge in [0.15, 0.2) is 5.69 Å². The second kappa shape index (κ2) is 7.79. The summed E-state index contributed by atoms with van der Waals surface area (Å²) < 4.78 is 16.2. The Morgan fingerprint density at radius 2 is 2.13 bits per heavy atom. The molecule has 1 amide bonds. The molecule has 0 radical (unpaired) electrons. The van der Waals surface area contributed by atoms with E-state index in [1.54, 1.807) is 5.38 Å². The van der Waals surface area contributed by atoms with Crippen LogP contribution in [0.4, 0.5) is 5.69 Å². The number of amides is 1. The number of carbonyl (C=O) groups is 1. The second-order valence-electron chi connectivity index (χ2n) is 5.73. The fraction of sp³-hybridized carbons (Fsp3) is 0.438. The van der Waals surface area contributed by atoms with E-state index in [4.69, 9.17) is 0 Å². The summed E-state index contributed by atoms with van der Waals surface area (Å²) in [4.78, 5) is 12.0. The molecule has 23 heavy (non-hydrogen) atoms. The quantitative estimate of drug-likeness (QED) is 0.898. The molecule has 0 unspecified atom stereocenters. The Kier molecular flexibility index (Phi) is 5.51. The van der Waals surface area contributed by atoms with Crippen molar-refractivity contribution in [1.82, 2.24) is 9.59 Å². The highest BCUT2D eigenvalue weighted by Gasteiger charge is 2.20. The van der Waals surface area contributed by atoms with Gasteiger partial charge in [-0.2, -0.15) is 0 Å². The molecule has 1 N–H and O–H groups in total. The third kappa shape index (κ3) is 4.45. The van der Waals surface area contributed by atoms with E-state index < -0.39 is 10.8 Å². The molecule has 2 aromatic rings. The van der Waals surface area contributed by atoms with Crippen LogP contribution in [0.1, 0.15) is 48.2 Å². The fourth-order valence-electron chi connectivity index (χ4n) is 2.81. The molecule has 1 heterocycles. The van der Waals surface area contributed by atoms with Crippen LogP contribution in [0.3, 0.4) is 0 Å². The molecule has 1 atom stereocenters. The molecule has 5 nitrogen and oxygen atoms in total. The van der Waals surface area contributed by atoms with Crippen LogP contribution >= 0.6 is 11.5 Å². The summed E-state index contributed by atoms with van der Waals surface area (Å²) in [5.41, 5.74) is 2.00. The number of benzene rings is 1.